The van der Waals surface area contributed by atoms with E-state index in [0.717, 1.165) is 11.1 Å². The fourth-order valence-corrected chi connectivity index (χ4v) is 6.47. The van der Waals surface area contributed by atoms with Gasteiger partial charge in [0.05, 0.1) is 57.6 Å². The quantitative estimate of drug-likeness (QED) is 0.152. The van der Waals surface area contributed by atoms with Crippen molar-refractivity contribution in [2.45, 2.75) is 51.4 Å². The largest absolute Gasteiger partial charge is 0.390 e. The molecule has 0 aliphatic carbocycles. The molecule has 1 aliphatic heterocycles. The van der Waals surface area contributed by atoms with E-state index >= 15 is 0 Å². The van der Waals surface area contributed by atoms with Gasteiger partial charge in [-0.15, -0.1) is 0 Å². The van der Waals surface area contributed by atoms with Gasteiger partial charge in [-0.05, 0) is 62.7 Å². The van der Waals surface area contributed by atoms with Gasteiger partial charge in [0.15, 0.2) is 5.82 Å². The van der Waals surface area contributed by atoms with Crippen LogP contribution in [0.4, 0.5) is 16.0 Å². The number of carbonyl (C=O) groups is 3. The molecule has 6 rings (SSSR count). The average molecular weight is 742 g/mol. The maximum Gasteiger partial charge on any atom is 0.270 e. The molecule has 3 atom stereocenters. The van der Waals surface area contributed by atoms with Gasteiger partial charge in [-0.2, -0.15) is 5.26 Å². The third-order valence-electron chi connectivity index (χ3n) is 8.84. The minimum Gasteiger partial charge on any atom is -0.390 e. The van der Waals surface area contributed by atoms with Crippen LogP contribution in [0.3, 0.4) is 0 Å². The maximum absolute atomic E-state index is 14.4. The molecular weight excluding hydrogens is 710 g/mol. The van der Waals surface area contributed by atoms with Gasteiger partial charge in [-0.25, -0.2) is 14.3 Å². The zero-order valence-electron chi connectivity index (χ0n) is 28.1. The summed E-state index contributed by atoms with van der Waals surface area (Å²) in [7, 11) is 0. The predicted molar refractivity (Wildman–Crippen MR) is 191 cm³/mol. The maximum atomic E-state index is 14.4. The number of nitrogens with zero attached hydrogens (tertiary/aromatic N) is 6. The van der Waals surface area contributed by atoms with E-state index in [2.05, 4.69) is 31.7 Å². The summed E-state index contributed by atoms with van der Waals surface area (Å²) in [5.74, 6) is -2.44. The summed E-state index contributed by atoms with van der Waals surface area (Å²) in [4.78, 5) is 55.7. The van der Waals surface area contributed by atoms with E-state index < -0.39 is 41.2 Å². The molecule has 264 valence electrons. The SMILES string of the molecule is C[C@H](NC(=O)c1cnc2n1[C@](C)(Cc1ccc(C#N)cc1)C(=O)N2c1cc(Cl)c(F)c(Cl)c1)C(=O)N[C@H](C)c1ccc(-c2ccc(CO)nc2)cn1. The van der Waals surface area contributed by atoms with Crippen molar-refractivity contribution in [3.8, 4) is 17.2 Å². The first-order valence-corrected chi connectivity index (χ1v) is 16.8. The summed E-state index contributed by atoms with van der Waals surface area (Å²) in [6.07, 6.45) is 4.68. The number of fused-ring (bicyclic) bond motifs is 1. The third kappa shape index (κ3) is 6.83. The van der Waals surface area contributed by atoms with Gasteiger partial charge in [0, 0.05) is 29.9 Å². The Bertz CT molecular complexity index is 2200. The van der Waals surface area contributed by atoms with Gasteiger partial charge in [-0.1, -0.05) is 47.5 Å². The third-order valence-corrected chi connectivity index (χ3v) is 9.39. The fourth-order valence-electron chi connectivity index (χ4n) is 6.00. The number of carbonyl (C=O) groups excluding carboxylic acids is 3. The summed E-state index contributed by atoms with van der Waals surface area (Å²) >= 11 is 12.2. The molecule has 0 spiro atoms. The smallest absolute Gasteiger partial charge is 0.270 e. The molecule has 0 bridgehead atoms. The second-order valence-corrected chi connectivity index (χ2v) is 13.3. The molecule has 12 nitrogen and oxygen atoms in total. The summed E-state index contributed by atoms with van der Waals surface area (Å²) in [5.41, 5.74) is 2.59. The molecule has 3 aromatic heterocycles. The van der Waals surface area contributed by atoms with Crippen LogP contribution in [0.5, 0.6) is 0 Å². The minimum atomic E-state index is -1.44. The number of nitriles is 1. The Hall–Kier alpha value is -5.68. The van der Waals surface area contributed by atoms with E-state index in [1.165, 1.54) is 34.7 Å². The van der Waals surface area contributed by atoms with E-state index in [1.54, 1.807) is 62.6 Å². The zero-order valence-corrected chi connectivity index (χ0v) is 29.6. The monoisotopic (exact) mass is 740 g/mol. The Kier molecular flexibility index (Phi) is 10.1. The van der Waals surface area contributed by atoms with Crippen molar-refractivity contribution in [2.75, 3.05) is 4.90 Å². The number of benzene rings is 2. The minimum absolute atomic E-state index is 0.00670. The molecule has 1 aliphatic rings. The number of halogens is 3. The Balaban J connectivity index is 1.23. The number of pyridine rings is 2. The van der Waals surface area contributed by atoms with Crippen LogP contribution in [0.1, 0.15) is 59.8 Å². The molecule has 0 radical (unpaired) electrons. The molecule has 3 amide bonds. The molecule has 5 aromatic rings. The standard InChI is InChI=1S/C37H31Cl2FN8O4/c1-20(30-11-9-25(17-43-30)24-8-10-26(19-49)42-16-24)45-33(50)21(2)46-34(51)31-18-44-36-47(27-12-28(38)32(40)29(39)13-27)35(52)37(3,48(31)36)14-22-4-6-23(15-41)7-5-22/h4-13,16-18,20-21,49H,14,19H2,1-3H3,(H,45,50)(H,46,51)/t20-,21+,37-/m1/s1. The van der Waals surface area contributed by atoms with Gasteiger partial charge < -0.3 is 15.7 Å². The normalized spacial score (nSPS) is 16.2. The van der Waals surface area contributed by atoms with Crippen LogP contribution in [0.15, 0.2) is 79.3 Å². The highest BCUT2D eigenvalue weighted by molar-refractivity contribution is 6.35. The number of hydrogen-bond acceptors (Lipinski definition) is 8. The molecule has 15 heteroatoms. The second kappa shape index (κ2) is 14.5. The molecule has 2 aromatic carbocycles. The van der Waals surface area contributed by atoms with Crippen LogP contribution < -0.4 is 15.5 Å². The van der Waals surface area contributed by atoms with Crippen LogP contribution in [0, 0.1) is 17.1 Å². The van der Waals surface area contributed by atoms with Gasteiger partial charge in [0.1, 0.15) is 17.3 Å². The van der Waals surface area contributed by atoms with E-state index in [9.17, 15) is 29.1 Å². The number of aliphatic hydroxyl groups is 1. The first kappa shape index (κ1) is 36.1. The summed E-state index contributed by atoms with van der Waals surface area (Å²) in [6, 6.07) is 16.9. The number of anilines is 2. The molecule has 0 unspecified atom stereocenters. The zero-order chi connectivity index (χ0) is 37.3. The Morgan fingerprint density at radius 2 is 1.62 bits per heavy atom. The van der Waals surface area contributed by atoms with E-state index in [0.29, 0.717) is 22.5 Å². The second-order valence-electron chi connectivity index (χ2n) is 12.5. The van der Waals surface area contributed by atoms with Crippen LogP contribution in [0.25, 0.3) is 11.1 Å². The highest BCUT2D eigenvalue weighted by Gasteiger charge is 2.51. The van der Waals surface area contributed by atoms with E-state index in [-0.39, 0.29) is 40.4 Å². The molecule has 3 N–H and O–H groups in total. The lowest BCUT2D eigenvalue weighted by Crippen LogP contribution is -2.47. The first-order chi connectivity index (χ1) is 24.8. The predicted octanol–water partition coefficient (Wildman–Crippen LogP) is 5.78. The lowest BCUT2D eigenvalue weighted by atomic mass is 9.91. The van der Waals surface area contributed by atoms with Crippen LogP contribution >= 0.6 is 23.2 Å². The molecular formula is C37H31Cl2FN8O4. The van der Waals surface area contributed by atoms with Crippen LogP contribution in [-0.4, -0.2) is 48.4 Å². The summed E-state index contributed by atoms with van der Waals surface area (Å²) in [5, 5.41) is 23.4. The van der Waals surface area contributed by atoms with Gasteiger partial charge >= 0.3 is 0 Å². The fraction of sp³-hybridized carbons (Fsp3) is 0.216. The van der Waals surface area contributed by atoms with Gasteiger partial charge in [-0.3, -0.25) is 28.9 Å². The number of aromatic nitrogens is 4. The molecule has 0 saturated carbocycles. The first-order valence-electron chi connectivity index (χ1n) is 16.0. The van der Waals surface area contributed by atoms with Crippen LogP contribution in [0.2, 0.25) is 10.0 Å². The van der Waals surface area contributed by atoms with Crippen molar-refractivity contribution in [3.05, 3.63) is 123 Å². The van der Waals surface area contributed by atoms with E-state index in [1.807, 2.05) is 12.1 Å². The number of imidazole rings is 1. The number of nitrogens with one attached hydrogen (secondary N) is 2. The molecule has 0 saturated heterocycles. The number of hydrogen-bond donors (Lipinski definition) is 3. The highest BCUT2D eigenvalue weighted by Crippen LogP contribution is 2.44. The van der Waals surface area contributed by atoms with Crippen molar-refractivity contribution >= 4 is 52.6 Å². The van der Waals surface area contributed by atoms with Crippen molar-refractivity contribution in [1.82, 2.24) is 30.2 Å². The van der Waals surface area contributed by atoms with Crippen LogP contribution in [-0.2, 0) is 28.2 Å². The number of rotatable bonds is 10. The van der Waals surface area contributed by atoms with Crippen molar-refractivity contribution < 1.29 is 23.9 Å². The Labute approximate surface area is 307 Å². The lowest BCUT2D eigenvalue weighted by Gasteiger charge is -2.27. The highest BCUT2D eigenvalue weighted by atomic mass is 35.5. The topological polar surface area (TPSA) is 166 Å². The van der Waals surface area contributed by atoms with Gasteiger partial charge in [0.25, 0.3) is 11.8 Å². The molecule has 52 heavy (non-hydrogen) atoms. The van der Waals surface area contributed by atoms with Crippen molar-refractivity contribution in [1.29, 1.82) is 5.26 Å². The summed E-state index contributed by atoms with van der Waals surface area (Å²) in [6.45, 7) is 4.77. The molecule has 4 heterocycles. The number of amides is 3. The number of aliphatic hydroxyl groups excluding tert-OH is 1. The van der Waals surface area contributed by atoms with Crippen molar-refractivity contribution in [3.63, 3.8) is 0 Å². The Morgan fingerprint density at radius 3 is 2.19 bits per heavy atom. The summed E-state index contributed by atoms with van der Waals surface area (Å²) < 4.78 is 15.8. The van der Waals surface area contributed by atoms with Crippen molar-refractivity contribution in [2.24, 2.45) is 0 Å². The van der Waals surface area contributed by atoms with E-state index in [4.69, 9.17) is 23.2 Å². The molecule has 0 fully saturated rings. The lowest BCUT2D eigenvalue weighted by molar-refractivity contribution is -0.124. The van der Waals surface area contributed by atoms with Gasteiger partial charge in [0.2, 0.25) is 11.9 Å². The Morgan fingerprint density at radius 1 is 0.962 bits per heavy atom. The average Bonchev–Trinajstić information content (AvgIpc) is 3.67.